The average Bonchev–Trinajstić information content (AvgIpc) is 3.24. The van der Waals surface area contributed by atoms with E-state index in [4.69, 9.17) is 5.73 Å². The van der Waals surface area contributed by atoms with Crippen molar-refractivity contribution in [3.63, 3.8) is 0 Å². The van der Waals surface area contributed by atoms with Gasteiger partial charge in [0.25, 0.3) is 5.91 Å². The zero-order valence-electron chi connectivity index (χ0n) is 14.3. The fourth-order valence-electron chi connectivity index (χ4n) is 3.58. The molecule has 1 aliphatic carbocycles. The molecule has 134 valence electrons. The quantitative estimate of drug-likeness (QED) is 0.884. The molecular formula is C18H23FN4O2. The maximum absolute atomic E-state index is 13.1. The van der Waals surface area contributed by atoms with Crippen LogP contribution in [-0.2, 0) is 9.59 Å². The van der Waals surface area contributed by atoms with E-state index in [2.05, 4.69) is 5.10 Å². The third kappa shape index (κ3) is 3.81. The highest BCUT2D eigenvalue weighted by molar-refractivity contribution is 6.40. The Morgan fingerprint density at radius 2 is 1.92 bits per heavy atom. The van der Waals surface area contributed by atoms with E-state index in [0.717, 1.165) is 12.8 Å². The molecule has 6 nitrogen and oxygen atoms in total. The van der Waals surface area contributed by atoms with Crippen LogP contribution in [0.25, 0.3) is 0 Å². The Morgan fingerprint density at radius 3 is 2.52 bits per heavy atom. The van der Waals surface area contributed by atoms with Crippen LogP contribution in [0.4, 0.5) is 10.1 Å². The lowest BCUT2D eigenvalue weighted by molar-refractivity contribution is -0.123. The van der Waals surface area contributed by atoms with Crippen molar-refractivity contribution >= 4 is 23.2 Å². The summed E-state index contributed by atoms with van der Waals surface area (Å²) in [6.45, 7) is 0.704. The molecule has 0 aromatic heterocycles. The summed E-state index contributed by atoms with van der Waals surface area (Å²) in [6, 6.07) is 4.88. The molecule has 1 aliphatic heterocycles. The van der Waals surface area contributed by atoms with Crippen LogP contribution in [0.3, 0.4) is 0 Å². The Balaban J connectivity index is 1.76. The van der Waals surface area contributed by atoms with Gasteiger partial charge in [0, 0.05) is 20.0 Å². The third-order valence-electron chi connectivity index (χ3n) is 4.93. The van der Waals surface area contributed by atoms with Gasteiger partial charge in [-0.15, -0.1) is 0 Å². The minimum Gasteiger partial charge on any atom is -0.368 e. The van der Waals surface area contributed by atoms with Crippen LogP contribution in [0.1, 0.15) is 32.1 Å². The Bertz CT molecular complexity index is 683. The molecule has 1 heterocycles. The SMILES string of the molecule is CN(CC1CCCC1)C(=O)C1=NN(c2ccc(F)cc2)C(C(N)=O)C1. The predicted octanol–water partition coefficient (Wildman–Crippen LogP) is 1.89. The van der Waals surface area contributed by atoms with Crippen molar-refractivity contribution in [2.24, 2.45) is 16.8 Å². The van der Waals surface area contributed by atoms with Gasteiger partial charge in [-0.1, -0.05) is 12.8 Å². The molecule has 2 N–H and O–H groups in total. The highest BCUT2D eigenvalue weighted by Gasteiger charge is 2.36. The van der Waals surface area contributed by atoms with E-state index in [9.17, 15) is 14.0 Å². The fraction of sp³-hybridized carbons (Fsp3) is 0.500. The van der Waals surface area contributed by atoms with E-state index in [1.54, 1.807) is 11.9 Å². The second-order valence-electron chi connectivity index (χ2n) is 6.83. The van der Waals surface area contributed by atoms with Crippen LogP contribution in [0.5, 0.6) is 0 Å². The number of benzene rings is 1. The number of nitrogens with two attached hydrogens (primary N) is 1. The van der Waals surface area contributed by atoms with Crippen molar-refractivity contribution in [1.82, 2.24) is 4.90 Å². The largest absolute Gasteiger partial charge is 0.368 e. The molecule has 1 saturated carbocycles. The van der Waals surface area contributed by atoms with Crippen molar-refractivity contribution in [1.29, 1.82) is 0 Å². The minimum atomic E-state index is -0.732. The monoisotopic (exact) mass is 346 g/mol. The van der Waals surface area contributed by atoms with Crippen LogP contribution in [0.2, 0.25) is 0 Å². The molecule has 25 heavy (non-hydrogen) atoms. The summed E-state index contributed by atoms with van der Waals surface area (Å²) < 4.78 is 13.1. The number of primary amides is 1. The summed E-state index contributed by atoms with van der Waals surface area (Å²) in [6.07, 6.45) is 4.90. The molecule has 7 heteroatoms. The molecule has 1 aromatic carbocycles. The first-order chi connectivity index (χ1) is 12.0. The first-order valence-electron chi connectivity index (χ1n) is 8.62. The Morgan fingerprint density at radius 1 is 1.28 bits per heavy atom. The van der Waals surface area contributed by atoms with Gasteiger partial charge in [-0.25, -0.2) is 4.39 Å². The zero-order chi connectivity index (χ0) is 18.0. The second kappa shape index (κ2) is 7.21. The lowest BCUT2D eigenvalue weighted by Gasteiger charge is -2.20. The molecule has 0 bridgehead atoms. The van der Waals surface area contributed by atoms with E-state index in [1.165, 1.54) is 42.1 Å². The molecule has 0 radical (unpaired) electrons. The summed E-state index contributed by atoms with van der Waals surface area (Å²) >= 11 is 0. The van der Waals surface area contributed by atoms with Gasteiger partial charge in [0.2, 0.25) is 5.91 Å². The molecule has 1 fully saturated rings. The highest BCUT2D eigenvalue weighted by atomic mass is 19.1. The number of nitrogens with zero attached hydrogens (tertiary/aromatic N) is 3. The first kappa shape index (κ1) is 17.4. The number of carbonyl (C=O) groups is 2. The smallest absolute Gasteiger partial charge is 0.269 e. The number of amides is 2. The number of rotatable bonds is 5. The number of carbonyl (C=O) groups excluding carboxylic acids is 2. The lowest BCUT2D eigenvalue weighted by Crippen LogP contribution is -2.40. The van der Waals surface area contributed by atoms with Crippen molar-refractivity contribution in [2.45, 2.75) is 38.1 Å². The number of hydrogen-bond donors (Lipinski definition) is 1. The Labute approximate surface area is 146 Å². The summed E-state index contributed by atoms with van der Waals surface area (Å²) in [5, 5.41) is 5.74. The van der Waals surface area contributed by atoms with Crippen molar-refractivity contribution in [3.8, 4) is 0 Å². The van der Waals surface area contributed by atoms with Gasteiger partial charge in [-0.3, -0.25) is 14.6 Å². The van der Waals surface area contributed by atoms with E-state index in [1.807, 2.05) is 0 Å². The van der Waals surface area contributed by atoms with Crippen LogP contribution in [-0.4, -0.2) is 42.1 Å². The first-order valence-corrected chi connectivity index (χ1v) is 8.62. The van der Waals surface area contributed by atoms with E-state index >= 15 is 0 Å². The molecule has 2 amide bonds. The van der Waals surface area contributed by atoms with Gasteiger partial charge in [-0.05, 0) is 43.0 Å². The van der Waals surface area contributed by atoms with Crippen molar-refractivity contribution in [3.05, 3.63) is 30.1 Å². The Kier molecular flexibility index (Phi) is 5.01. The van der Waals surface area contributed by atoms with Crippen LogP contribution in [0.15, 0.2) is 29.4 Å². The van der Waals surface area contributed by atoms with Gasteiger partial charge >= 0.3 is 0 Å². The number of halogens is 1. The number of hydrogen-bond acceptors (Lipinski definition) is 4. The normalized spacial score (nSPS) is 20.6. The second-order valence-corrected chi connectivity index (χ2v) is 6.83. The minimum absolute atomic E-state index is 0.167. The maximum atomic E-state index is 13.1. The molecule has 1 unspecified atom stereocenters. The molecule has 3 rings (SSSR count). The van der Waals surface area contributed by atoms with Gasteiger partial charge in [-0.2, -0.15) is 5.10 Å². The highest BCUT2D eigenvalue weighted by Crippen LogP contribution is 2.27. The summed E-state index contributed by atoms with van der Waals surface area (Å²) in [5.74, 6) is -0.580. The van der Waals surface area contributed by atoms with E-state index in [0.29, 0.717) is 23.9 Å². The predicted molar refractivity (Wildman–Crippen MR) is 93.5 cm³/mol. The molecule has 1 aromatic rings. The van der Waals surface area contributed by atoms with Crippen molar-refractivity contribution in [2.75, 3.05) is 18.6 Å². The van der Waals surface area contributed by atoms with Crippen molar-refractivity contribution < 1.29 is 14.0 Å². The maximum Gasteiger partial charge on any atom is 0.269 e. The summed E-state index contributed by atoms with van der Waals surface area (Å²) in [7, 11) is 1.77. The van der Waals surface area contributed by atoms with E-state index in [-0.39, 0.29) is 18.1 Å². The molecule has 0 spiro atoms. The fourth-order valence-corrected chi connectivity index (χ4v) is 3.58. The number of hydrazone groups is 1. The van der Waals surface area contributed by atoms with Gasteiger partial charge in [0.1, 0.15) is 17.6 Å². The van der Waals surface area contributed by atoms with Crippen LogP contribution in [0, 0.1) is 11.7 Å². The number of anilines is 1. The molecule has 1 atom stereocenters. The summed E-state index contributed by atoms with van der Waals surface area (Å²) in [5.41, 5.74) is 6.32. The topological polar surface area (TPSA) is 79.0 Å². The van der Waals surface area contributed by atoms with E-state index < -0.39 is 11.9 Å². The van der Waals surface area contributed by atoms with Gasteiger partial charge in [0.15, 0.2) is 0 Å². The molecular weight excluding hydrogens is 323 g/mol. The lowest BCUT2D eigenvalue weighted by atomic mass is 10.1. The summed E-state index contributed by atoms with van der Waals surface area (Å²) in [4.78, 5) is 26.1. The standard InChI is InChI=1S/C18H23FN4O2/c1-22(11-12-4-2-3-5-12)18(25)15-10-16(17(20)24)23(21-15)14-8-6-13(19)7-9-14/h6-9,12,16H,2-5,10-11H2,1H3,(H2,20,24). The Hall–Kier alpha value is -2.44. The van der Waals surface area contributed by atoms with Gasteiger partial charge in [0.05, 0.1) is 5.69 Å². The zero-order valence-corrected chi connectivity index (χ0v) is 14.3. The third-order valence-corrected chi connectivity index (χ3v) is 4.93. The van der Waals surface area contributed by atoms with Gasteiger partial charge < -0.3 is 10.6 Å². The van der Waals surface area contributed by atoms with Crippen LogP contribution < -0.4 is 10.7 Å². The molecule has 0 saturated heterocycles. The van der Waals surface area contributed by atoms with Crippen LogP contribution >= 0.6 is 0 Å². The molecule has 2 aliphatic rings. The average molecular weight is 346 g/mol.